The Morgan fingerprint density at radius 1 is 1.44 bits per heavy atom. The highest BCUT2D eigenvalue weighted by atomic mass is 35.5. The van der Waals surface area contributed by atoms with Gasteiger partial charge >= 0.3 is 6.03 Å². The van der Waals surface area contributed by atoms with Crippen LogP contribution in [0.2, 0.25) is 5.02 Å². The van der Waals surface area contributed by atoms with Crippen LogP contribution in [0.3, 0.4) is 0 Å². The lowest BCUT2D eigenvalue weighted by Crippen LogP contribution is -2.41. The van der Waals surface area contributed by atoms with Crippen LogP contribution in [0.5, 0.6) is 0 Å². The standard InChI is InChI=1S/C12H12ClN3OS/c13-7-4-5-9-10(6-7)18-12(15-9)16-11(17)14-8-2-1-3-8/h4-6,8H,1-3H2,(H2,14,15,16,17). The van der Waals surface area contributed by atoms with Gasteiger partial charge in [-0.3, -0.25) is 5.32 Å². The monoisotopic (exact) mass is 281 g/mol. The number of aromatic nitrogens is 1. The van der Waals surface area contributed by atoms with E-state index in [1.54, 1.807) is 6.07 Å². The first-order valence-electron chi connectivity index (χ1n) is 5.84. The average Bonchev–Trinajstić information content (AvgIpc) is 2.65. The zero-order valence-corrected chi connectivity index (χ0v) is 11.1. The highest BCUT2D eigenvalue weighted by Crippen LogP contribution is 2.28. The van der Waals surface area contributed by atoms with E-state index in [1.807, 2.05) is 12.1 Å². The number of nitrogens with zero attached hydrogens (tertiary/aromatic N) is 1. The fourth-order valence-electron chi connectivity index (χ4n) is 1.82. The predicted octanol–water partition coefficient (Wildman–Crippen LogP) is 3.62. The number of hydrogen-bond donors (Lipinski definition) is 2. The Morgan fingerprint density at radius 2 is 2.28 bits per heavy atom. The number of carbonyl (C=O) groups is 1. The lowest BCUT2D eigenvalue weighted by molar-refractivity contribution is 0.240. The summed E-state index contributed by atoms with van der Waals surface area (Å²) in [6.07, 6.45) is 3.34. The number of anilines is 1. The van der Waals surface area contributed by atoms with Crippen molar-refractivity contribution in [2.45, 2.75) is 25.3 Å². The molecule has 0 saturated heterocycles. The van der Waals surface area contributed by atoms with Crippen LogP contribution in [0.1, 0.15) is 19.3 Å². The Balaban J connectivity index is 1.71. The van der Waals surface area contributed by atoms with Gasteiger partial charge in [0.2, 0.25) is 0 Å². The maximum Gasteiger partial charge on any atom is 0.321 e. The molecular weight excluding hydrogens is 270 g/mol. The van der Waals surface area contributed by atoms with Crippen molar-refractivity contribution in [1.29, 1.82) is 0 Å². The van der Waals surface area contributed by atoms with E-state index in [-0.39, 0.29) is 6.03 Å². The number of rotatable bonds is 2. The van der Waals surface area contributed by atoms with Gasteiger partial charge in [-0.15, -0.1) is 0 Å². The summed E-state index contributed by atoms with van der Waals surface area (Å²) in [5, 5.41) is 6.95. The molecule has 1 aliphatic carbocycles. The van der Waals surface area contributed by atoms with Crippen molar-refractivity contribution >= 4 is 44.3 Å². The molecule has 1 fully saturated rings. The highest BCUT2D eigenvalue weighted by molar-refractivity contribution is 7.22. The Bertz CT molecular complexity index is 594. The third-order valence-electron chi connectivity index (χ3n) is 3.01. The topological polar surface area (TPSA) is 54.0 Å². The molecular formula is C12H12ClN3OS. The Morgan fingerprint density at radius 3 is 3.00 bits per heavy atom. The number of halogens is 1. The van der Waals surface area contributed by atoms with Gasteiger partial charge in [0.05, 0.1) is 10.2 Å². The summed E-state index contributed by atoms with van der Waals surface area (Å²) >= 11 is 7.33. The van der Waals surface area contributed by atoms with Crippen LogP contribution in [0.15, 0.2) is 18.2 Å². The minimum Gasteiger partial charge on any atom is -0.335 e. The molecule has 1 aliphatic rings. The third kappa shape index (κ3) is 2.42. The molecule has 6 heteroatoms. The summed E-state index contributed by atoms with van der Waals surface area (Å²) in [5.41, 5.74) is 0.850. The fraction of sp³-hybridized carbons (Fsp3) is 0.333. The minimum absolute atomic E-state index is 0.176. The minimum atomic E-state index is -0.176. The number of fused-ring (bicyclic) bond motifs is 1. The summed E-state index contributed by atoms with van der Waals surface area (Å²) in [5.74, 6) is 0. The highest BCUT2D eigenvalue weighted by Gasteiger charge is 2.19. The molecule has 0 spiro atoms. The van der Waals surface area contributed by atoms with Gasteiger partial charge in [-0.2, -0.15) is 0 Å². The van der Waals surface area contributed by atoms with E-state index in [2.05, 4.69) is 15.6 Å². The van der Waals surface area contributed by atoms with Crippen LogP contribution in [0.4, 0.5) is 9.93 Å². The van der Waals surface area contributed by atoms with Gasteiger partial charge in [-0.05, 0) is 37.5 Å². The molecule has 0 unspecified atom stereocenters. The molecule has 1 aromatic carbocycles. The number of thiazole rings is 1. The molecule has 0 atom stereocenters. The quantitative estimate of drug-likeness (QED) is 0.883. The summed E-state index contributed by atoms with van der Waals surface area (Å²) < 4.78 is 0.974. The largest absolute Gasteiger partial charge is 0.335 e. The summed E-state index contributed by atoms with van der Waals surface area (Å²) in [6, 6.07) is 5.65. The molecule has 2 N–H and O–H groups in total. The van der Waals surface area contributed by atoms with Crippen molar-refractivity contribution in [3.63, 3.8) is 0 Å². The van der Waals surface area contributed by atoms with Gasteiger partial charge < -0.3 is 5.32 Å². The van der Waals surface area contributed by atoms with Crippen LogP contribution in [-0.2, 0) is 0 Å². The molecule has 3 rings (SSSR count). The third-order valence-corrected chi connectivity index (χ3v) is 4.18. The molecule has 0 aliphatic heterocycles. The van der Waals surface area contributed by atoms with E-state index >= 15 is 0 Å². The molecule has 2 amide bonds. The van der Waals surface area contributed by atoms with E-state index in [0.29, 0.717) is 16.2 Å². The van der Waals surface area contributed by atoms with E-state index < -0.39 is 0 Å². The van der Waals surface area contributed by atoms with E-state index in [9.17, 15) is 4.79 Å². The number of urea groups is 1. The lowest BCUT2D eigenvalue weighted by atomic mass is 9.93. The summed E-state index contributed by atoms with van der Waals surface area (Å²) in [7, 11) is 0. The van der Waals surface area contributed by atoms with E-state index in [1.165, 1.54) is 17.8 Å². The van der Waals surface area contributed by atoms with E-state index in [4.69, 9.17) is 11.6 Å². The second-order valence-electron chi connectivity index (χ2n) is 4.36. The van der Waals surface area contributed by atoms with Gasteiger partial charge in [0.25, 0.3) is 0 Å². The molecule has 94 valence electrons. The number of hydrogen-bond acceptors (Lipinski definition) is 3. The van der Waals surface area contributed by atoms with Crippen molar-refractivity contribution in [1.82, 2.24) is 10.3 Å². The van der Waals surface area contributed by atoms with Crippen LogP contribution >= 0.6 is 22.9 Å². The molecule has 1 aromatic heterocycles. The smallest absolute Gasteiger partial charge is 0.321 e. The van der Waals surface area contributed by atoms with Crippen molar-refractivity contribution in [2.24, 2.45) is 0 Å². The van der Waals surface area contributed by atoms with Gasteiger partial charge in [-0.1, -0.05) is 22.9 Å². The first-order valence-corrected chi connectivity index (χ1v) is 7.04. The summed E-state index contributed by atoms with van der Waals surface area (Å²) in [4.78, 5) is 16.0. The number of nitrogens with one attached hydrogen (secondary N) is 2. The second-order valence-corrected chi connectivity index (χ2v) is 5.82. The van der Waals surface area contributed by atoms with Gasteiger partial charge in [-0.25, -0.2) is 9.78 Å². The van der Waals surface area contributed by atoms with Crippen molar-refractivity contribution in [3.8, 4) is 0 Å². The molecule has 1 saturated carbocycles. The predicted molar refractivity (Wildman–Crippen MR) is 74.4 cm³/mol. The van der Waals surface area contributed by atoms with Crippen molar-refractivity contribution < 1.29 is 4.79 Å². The molecule has 0 bridgehead atoms. The SMILES string of the molecule is O=C(Nc1nc2ccc(Cl)cc2s1)NC1CCC1. The lowest BCUT2D eigenvalue weighted by Gasteiger charge is -2.26. The number of amides is 2. The Hall–Kier alpha value is -1.33. The molecule has 0 radical (unpaired) electrons. The number of benzene rings is 1. The Labute approximate surface area is 113 Å². The van der Waals surface area contributed by atoms with Gasteiger partial charge in [0.1, 0.15) is 0 Å². The van der Waals surface area contributed by atoms with Gasteiger partial charge in [0.15, 0.2) is 5.13 Å². The zero-order chi connectivity index (χ0) is 12.5. The van der Waals surface area contributed by atoms with Crippen LogP contribution in [0, 0.1) is 0 Å². The molecule has 1 heterocycles. The normalized spacial score (nSPS) is 15.4. The molecule has 18 heavy (non-hydrogen) atoms. The molecule has 2 aromatic rings. The average molecular weight is 282 g/mol. The number of carbonyl (C=O) groups excluding carboxylic acids is 1. The van der Waals surface area contributed by atoms with Crippen LogP contribution in [0.25, 0.3) is 10.2 Å². The zero-order valence-electron chi connectivity index (χ0n) is 9.57. The van der Waals surface area contributed by atoms with Crippen molar-refractivity contribution in [3.05, 3.63) is 23.2 Å². The maximum atomic E-state index is 11.7. The van der Waals surface area contributed by atoms with E-state index in [0.717, 1.165) is 23.1 Å². The second kappa shape index (κ2) is 4.74. The fourth-order valence-corrected chi connectivity index (χ4v) is 2.96. The first kappa shape index (κ1) is 11.7. The van der Waals surface area contributed by atoms with Gasteiger partial charge in [0, 0.05) is 11.1 Å². The van der Waals surface area contributed by atoms with Crippen LogP contribution in [-0.4, -0.2) is 17.1 Å². The van der Waals surface area contributed by atoms with Crippen LogP contribution < -0.4 is 10.6 Å². The van der Waals surface area contributed by atoms with Crippen molar-refractivity contribution in [2.75, 3.05) is 5.32 Å². The Kier molecular flexibility index (Phi) is 3.09. The summed E-state index contributed by atoms with van der Waals surface area (Å²) in [6.45, 7) is 0. The maximum absolute atomic E-state index is 11.7. The first-order chi connectivity index (χ1) is 8.70. The molecule has 4 nitrogen and oxygen atoms in total.